The summed E-state index contributed by atoms with van der Waals surface area (Å²) in [4.78, 5) is 26.8. The van der Waals surface area contributed by atoms with Gasteiger partial charge in [0.1, 0.15) is 5.37 Å². The van der Waals surface area contributed by atoms with E-state index in [1.54, 1.807) is 11.8 Å². The highest BCUT2D eigenvalue weighted by Crippen LogP contribution is 2.38. The average Bonchev–Trinajstić information content (AvgIpc) is 3.37. The molecule has 2 amide bonds. The van der Waals surface area contributed by atoms with Gasteiger partial charge in [0.2, 0.25) is 5.91 Å². The van der Waals surface area contributed by atoms with Crippen molar-refractivity contribution in [3.05, 3.63) is 71.3 Å². The Morgan fingerprint density at radius 1 is 1.04 bits per heavy atom. The number of amides is 2. The Labute approximate surface area is 170 Å². The summed E-state index contributed by atoms with van der Waals surface area (Å²) in [5, 5.41) is 3.16. The summed E-state index contributed by atoms with van der Waals surface area (Å²) in [5.41, 5.74) is 3.02. The molecule has 2 fully saturated rings. The number of benzene rings is 2. The van der Waals surface area contributed by atoms with E-state index in [0.717, 1.165) is 24.8 Å². The van der Waals surface area contributed by atoms with Crippen molar-refractivity contribution in [1.82, 2.24) is 10.2 Å². The molecule has 28 heavy (non-hydrogen) atoms. The van der Waals surface area contributed by atoms with Crippen molar-refractivity contribution in [3.8, 4) is 0 Å². The fourth-order valence-corrected chi connectivity index (χ4v) is 5.22. The van der Waals surface area contributed by atoms with E-state index >= 15 is 0 Å². The molecule has 1 saturated carbocycles. The number of nitrogens with zero attached hydrogens (tertiary/aromatic N) is 1. The van der Waals surface area contributed by atoms with Crippen LogP contribution in [-0.2, 0) is 11.2 Å². The molecule has 0 aromatic heterocycles. The number of hydrogen-bond donors (Lipinski definition) is 1. The Morgan fingerprint density at radius 3 is 2.46 bits per heavy atom. The molecule has 0 spiro atoms. The zero-order valence-corrected chi connectivity index (χ0v) is 16.8. The fourth-order valence-electron chi connectivity index (χ4n) is 4.00. The SMILES string of the molecule is O=C(NC1CCCC1)c1ccc([C@H]2SCC(=O)N2CCc2ccccc2)cc1. The highest BCUT2D eigenvalue weighted by atomic mass is 32.2. The molecule has 4 rings (SSSR count). The summed E-state index contributed by atoms with van der Waals surface area (Å²) in [6.45, 7) is 0.713. The second-order valence-electron chi connectivity index (χ2n) is 7.56. The predicted octanol–water partition coefficient (Wildman–Crippen LogP) is 4.18. The van der Waals surface area contributed by atoms with Gasteiger partial charge in [-0.1, -0.05) is 55.3 Å². The summed E-state index contributed by atoms with van der Waals surface area (Å²) in [7, 11) is 0. The molecule has 1 heterocycles. The molecule has 5 heteroatoms. The summed E-state index contributed by atoms with van der Waals surface area (Å²) in [6, 6.07) is 18.4. The minimum absolute atomic E-state index is 0.00883. The first-order chi connectivity index (χ1) is 13.7. The van der Waals surface area contributed by atoms with Gasteiger partial charge >= 0.3 is 0 Å². The molecule has 1 aliphatic heterocycles. The molecular formula is C23H26N2O2S. The van der Waals surface area contributed by atoms with E-state index in [1.165, 1.54) is 18.4 Å². The molecular weight excluding hydrogens is 368 g/mol. The second-order valence-corrected chi connectivity index (χ2v) is 8.63. The first-order valence-electron chi connectivity index (χ1n) is 10.1. The third-order valence-electron chi connectivity index (χ3n) is 5.60. The van der Waals surface area contributed by atoms with Crippen molar-refractivity contribution >= 4 is 23.6 Å². The van der Waals surface area contributed by atoms with Crippen molar-refractivity contribution in [2.45, 2.75) is 43.5 Å². The van der Waals surface area contributed by atoms with Gasteiger partial charge in [-0.3, -0.25) is 9.59 Å². The Kier molecular flexibility index (Phi) is 6.01. The molecule has 146 valence electrons. The third-order valence-corrected chi connectivity index (χ3v) is 6.86. The van der Waals surface area contributed by atoms with E-state index in [2.05, 4.69) is 17.4 Å². The molecule has 0 unspecified atom stereocenters. The second kappa shape index (κ2) is 8.82. The summed E-state index contributed by atoms with van der Waals surface area (Å²) < 4.78 is 0. The third kappa shape index (κ3) is 4.41. The van der Waals surface area contributed by atoms with Gasteiger partial charge in [0.25, 0.3) is 5.91 Å². The van der Waals surface area contributed by atoms with Gasteiger partial charge in [0, 0.05) is 18.2 Å². The molecule has 0 radical (unpaired) electrons. The lowest BCUT2D eigenvalue weighted by Crippen LogP contribution is -2.32. The highest BCUT2D eigenvalue weighted by molar-refractivity contribution is 8.00. The van der Waals surface area contributed by atoms with E-state index in [4.69, 9.17) is 0 Å². The molecule has 1 N–H and O–H groups in total. The smallest absolute Gasteiger partial charge is 0.251 e. The van der Waals surface area contributed by atoms with Crippen LogP contribution in [-0.4, -0.2) is 35.1 Å². The van der Waals surface area contributed by atoms with Gasteiger partial charge in [0.15, 0.2) is 0 Å². The number of hydrogen-bond acceptors (Lipinski definition) is 3. The highest BCUT2D eigenvalue weighted by Gasteiger charge is 2.32. The fraction of sp³-hybridized carbons (Fsp3) is 0.391. The van der Waals surface area contributed by atoms with E-state index in [1.807, 2.05) is 47.4 Å². The monoisotopic (exact) mass is 394 g/mol. The number of rotatable bonds is 6. The van der Waals surface area contributed by atoms with Gasteiger partial charge in [-0.05, 0) is 42.5 Å². The van der Waals surface area contributed by atoms with Gasteiger partial charge in [-0.2, -0.15) is 0 Å². The molecule has 1 atom stereocenters. The van der Waals surface area contributed by atoms with E-state index in [0.29, 0.717) is 23.9 Å². The Balaban J connectivity index is 1.40. The van der Waals surface area contributed by atoms with Crippen LogP contribution in [0.1, 0.15) is 52.5 Å². The quantitative estimate of drug-likeness (QED) is 0.800. The van der Waals surface area contributed by atoms with Gasteiger partial charge < -0.3 is 10.2 Å². The van der Waals surface area contributed by atoms with Crippen LogP contribution in [0.4, 0.5) is 0 Å². The number of carbonyl (C=O) groups excluding carboxylic acids is 2. The van der Waals surface area contributed by atoms with Crippen molar-refractivity contribution < 1.29 is 9.59 Å². The molecule has 2 aromatic rings. The number of nitrogens with one attached hydrogen (secondary N) is 1. The van der Waals surface area contributed by atoms with Crippen molar-refractivity contribution in [1.29, 1.82) is 0 Å². The zero-order valence-electron chi connectivity index (χ0n) is 16.0. The van der Waals surface area contributed by atoms with Crippen LogP contribution in [0.5, 0.6) is 0 Å². The van der Waals surface area contributed by atoms with Crippen molar-refractivity contribution in [2.24, 2.45) is 0 Å². The Hall–Kier alpha value is -2.27. The van der Waals surface area contributed by atoms with Crippen LogP contribution in [0.15, 0.2) is 54.6 Å². The lowest BCUT2D eigenvalue weighted by atomic mass is 10.1. The normalized spacial score (nSPS) is 19.9. The zero-order chi connectivity index (χ0) is 19.3. The lowest BCUT2D eigenvalue weighted by molar-refractivity contribution is -0.128. The van der Waals surface area contributed by atoms with Crippen LogP contribution in [0.2, 0.25) is 0 Å². The van der Waals surface area contributed by atoms with E-state index < -0.39 is 0 Å². The molecule has 1 aliphatic carbocycles. The van der Waals surface area contributed by atoms with Crippen LogP contribution >= 0.6 is 11.8 Å². The van der Waals surface area contributed by atoms with Crippen LogP contribution in [0.3, 0.4) is 0 Å². The first kappa shape index (κ1) is 19.1. The Bertz CT molecular complexity index is 816. The molecule has 2 aliphatic rings. The predicted molar refractivity (Wildman–Crippen MR) is 113 cm³/mol. The maximum Gasteiger partial charge on any atom is 0.251 e. The number of carbonyl (C=O) groups is 2. The Morgan fingerprint density at radius 2 is 1.75 bits per heavy atom. The van der Waals surface area contributed by atoms with Crippen molar-refractivity contribution in [3.63, 3.8) is 0 Å². The number of thioether (sulfide) groups is 1. The lowest BCUT2D eigenvalue weighted by Gasteiger charge is -2.24. The standard InChI is InChI=1S/C23H26N2O2S/c26-21-16-28-23(25(21)15-14-17-6-2-1-3-7-17)19-12-10-18(11-13-19)22(27)24-20-8-4-5-9-20/h1-3,6-7,10-13,20,23H,4-5,8-9,14-16H2,(H,24,27)/t23-/m1/s1. The molecule has 4 nitrogen and oxygen atoms in total. The van der Waals surface area contributed by atoms with Gasteiger partial charge in [0.05, 0.1) is 5.75 Å². The van der Waals surface area contributed by atoms with Crippen LogP contribution < -0.4 is 5.32 Å². The minimum Gasteiger partial charge on any atom is -0.349 e. The maximum atomic E-state index is 12.4. The first-order valence-corrected chi connectivity index (χ1v) is 11.1. The molecule has 1 saturated heterocycles. The van der Waals surface area contributed by atoms with Gasteiger partial charge in [-0.15, -0.1) is 11.8 Å². The van der Waals surface area contributed by atoms with Crippen LogP contribution in [0, 0.1) is 0 Å². The average molecular weight is 395 g/mol. The minimum atomic E-state index is 0.00883. The van der Waals surface area contributed by atoms with Gasteiger partial charge in [-0.25, -0.2) is 0 Å². The molecule has 2 aromatic carbocycles. The van der Waals surface area contributed by atoms with E-state index in [9.17, 15) is 9.59 Å². The maximum absolute atomic E-state index is 12.4. The van der Waals surface area contributed by atoms with E-state index in [-0.39, 0.29) is 17.2 Å². The largest absolute Gasteiger partial charge is 0.349 e. The van der Waals surface area contributed by atoms with Crippen molar-refractivity contribution in [2.75, 3.05) is 12.3 Å². The topological polar surface area (TPSA) is 49.4 Å². The summed E-state index contributed by atoms with van der Waals surface area (Å²) >= 11 is 1.66. The summed E-state index contributed by atoms with van der Waals surface area (Å²) in [5.74, 6) is 0.715. The summed E-state index contributed by atoms with van der Waals surface area (Å²) in [6.07, 6.45) is 5.43. The van der Waals surface area contributed by atoms with Crippen LogP contribution in [0.25, 0.3) is 0 Å². The molecule has 0 bridgehead atoms.